The first-order valence-electron chi connectivity index (χ1n) is 9.10. The van der Waals surface area contributed by atoms with Gasteiger partial charge in [-0.15, -0.1) is 0 Å². The van der Waals surface area contributed by atoms with Crippen LogP contribution in [0.15, 0.2) is 54.9 Å². The number of nitrogens with zero attached hydrogens (tertiary/aromatic N) is 5. The smallest absolute Gasteiger partial charge is 0.255 e. The molecule has 29 heavy (non-hydrogen) atoms. The Morgan fingerprint density at radius 1 is 0.966 bits per heavy atom. The minimum absolute atomic E-state index is 0.0520. The molecule has 0 unspecified atom stereocenters. The lowest BCUT2D eigenvalue weighted by molar-refractivity contribution is 0.0746. The van der Waals surface area contributed by atoms with Gasteiger partial charge in [-0.2, -0.15) is 4.98 Å². The van der Waals surface area contributed by atoms with Gasteiger partial charge in [-0.1, -0.05) is 35.3 Å². The van der Waals surface area contributed by atoms with Crippen molar-refractivity contribution < 1.29 is 4.79 Å². The number of amides is 1. The molecule has 3 heterocycles. The molecule has 7 nitrogen and oxygen atoms in total. The zero-order chi connectivity index (χ0) is 20.2. The minimum atomic E-state index is -0.0520. The van der Waals surface area contributed by atoms with E-state index in [1.165, 1.54) is 6.20 Å². The van der Waals surface area contributed by atoms with E-state index in [1.54, 1.807) is 29.3 Å². The van der Waals surface area contributed by atoms with Gasteiger partial charge in [0.25, 0.3) is 5.91 Å². The predicted molar refractivity (Wildman–Crippen MR) is 114 cm³/mol. The molecule has 1 aliphatic heterocycles. The lowest BCUT2D eigenvalue weighted by Crippen LogP contribution is -2.49. The highest BCUT2D eigenvalue weighted by atomic mass is 35.5. The molecule has 9 heteroatoms. The Balaban J connectivity index is 1.40. The summed E-state index contributed by atoms with van der Waals surface area (Å²) >= 11 is 12.0. The molecule has 148 valence electrons. The van der Waals surface area contributed by atoms with Crippen molar-refractivity contribution in [3.8, 4) is 0 Å². The summed E-state index contributed by atoms with van der Waals surface area (Å²) in [5.74, 6) is 1.22. The van der Waals surface area contributed by atoms with Crippen LogP contribution in [0.2, 0.25) is 10.2 Å². The quantitative estimate of drug-likeness (QED) is 0.635. The molecule has 1 amide bonds. The average molecular weight is 429 g/mol. The van der Waals surface area contributed by atoms with Crippen LogP contribution < -0.4 is 10.2 Å². The third-order valence-electron chi connectivity index (χ3n) is 4.60. The zero-order valence-electron chi connectivity index (χ0n) is 15.4. The van der Waals surface area contributed by atoms with Gasteiger partial charge in [0.15, 0.2) is 0 Å². The summed E-state index contributed by atoms with van der Waals surface area (Å²) in [6.07, 6.45) is 3.21. The van der Waals surface area contributed by atoms with Crippen LogP contribution in [-0.4, -0.2) is 51.9 Å². The van der Waals surface area contributed by atoms with Crippen molar-refractivity contribution in [2.24, 2.45) is 0 Å². The number of hydrogen-bond acceptors (Lipinski definition) is 6. The number of para-hydroxylation sites is 1. The highest BCUT2D eigenvalue weighted by molar-refractivity contribution is 6.33. The number of anilines is 3. The van der Waals surface area contributed by atoms with Gasteiger partial charge in [-0.05, 0) is 30.3 Å². The third-order valence-corrected chi connectivity index (χ3v) is 5.16. The second-order valence-electron chi connectivity index (χ2n) is 6.50. The van der Waals surface area contributed by atoms with E-state index in [-0.39, 0.29) is 5.91 Å². The SMILES string of the molecule is O=C(c1ccc(Cl)nc1)N1CCN(c2nccc(Nc3ccccc3Cl)n2)CC1. The first-order valence-corrected chi connectivity index (χ1v) is 9.86. The van der Waals surface area contributed by atoms with Crippen LogP contribution >= 0.6 is 23.2 Å². The summed E-state index contributed by atoms with van der Waals surface area (Å²) < 4.78 is 0. The molecular formula is C20H18Cl2N6O. The Labute approximate surface area is 178 Å². The maximum Gasteiger partial charge on any atom is 0.255 e. The summed E-state index contributed by atoms with van der Waals surface area (Å²) in [4.78, 5) is 29.4. The van der Waals surface area contributed by atoms with E-state index in [1.807, 2.05) is 24.3 Å². The van der Waals surface area contributed by atoms with Crippen LogP contribution in [0.1, 0.15) is 10.4 Å². The molecule has 0 radical (unpaired) electrons. The molecule has 0 spiro atoms. The fourth-order valence-electron chi connectivity index (χ4n) is 3.07. The first kappa shape index (κ1) is 19.4. The molecule has 0 atom stereocenters. The number of carbonyl (C=O) groups is 1. The van der Waals surface area contributed by atoms with E-state index < -0.39 is 0 Å². The number of pyridine rings is 1. The van der Waals surface area contributed by atoms with Crippen LogP contribution in [0, 0.1) is 0 Å². The molecule has 1 saturated heterocycles. The summed E-state index contributed by atoms with van der Waals surface area (Å²) in [6.45, 7) is 2.44. The Kier molecular flexibility index (Phi) is 5.78. The normalized spacial score (nSPS) is 14.0. The fraction of sp³-hybridized carbons (Fsp3) is 0.200. The second-order valence-corrected chi connectivity index (χ2v) is 7.29. The Morgan fingerprint density at radius 3 is 2.48 bits per heavy atom. The predicted octanol–water partition coefficient (Wildman–Crippen LogP) is 3.88. The topological polar surface area (TPSA) is 74.2 Å². The molecule has 1 fully saturated rings. The molecule has 3 aromatic rings. The molecule has 2 aromatic heterocycles. The summed E-state index contributed by atoms with van der Waals surface area (Å²) in [6, 6.07) is 12.6. The van der Waals surface area contributed by atoms with Crippen molar-refractivity contribution in [1.82, 2.24) is 19.9 Å². The number of hydrogen-bond donors (Lipinski definition) is 1. The third kappa shape index (κ3) is 4.58. The largest absolute Gasteiger partial charge is 0.339 e. The van der Waals surface area contributed by atoms with Gasteiger partial charge in [0, 0.05) is 38.6 Å². The highest BCUT2D eigenvalue weighted by Gasteiger charge is 2.23. The van der Waals surface area contributed by atoms with Crippen molar-refractivity contribution in [3.05, 3.63) is 70.6 Å². The number of nitrogens with one attached hydrogen (secondary N) is 1. The number of carbonyl (C=O) groups excluding carboxylic acids is 1. The van der Waals surface area contributed by atoms with Gasteiger partial charge in [0.2, 0.25) is 5.95 Å². The van der Waals surface area contributed by atoms with Crippen LogP contribution in [0.3, 0.4) is 0 Å². The first-order chi connectivity index (χ1) is 14.1. The van der Waals surface area contributed by atoms with Crippen LogP contribution in [0.4, 0.5) is 17.5 Å². The standard InChI is InChI=1S/C20H18Cl2N6O/c21-15-3-1-2-4-16(15)25-18-7-8-23-20(26-18)28-11-9-27(10-12-28)19(29)14-5-6-17(22)24-13-14/h1-8,13H,9-12H2,(H,23,25,26). The van der Waals surface area contributed by atoms with E-state index in [0.717, 1.165) is 5.69 Å². The van der Waals surface area contributed by atoms with Crippen molar-refractivity contribution in [1.29, 1.82) is 0 Å². The van der Waals surface area contributed by atoms with E-state index in [4.69, 9.17) is 23.2 Å². The molecule has 0 aliphatic carbocycles. The van der Waals surface area contributed by atoms with Crippen molar-refractivity contribution in [2.75, 3.05) is 36.4 Å². The highest BCUT2D eigenvalue weighted by Crippen LogP contribution is 2.24. The van der Waals surface area contributed by atoms with Crippen molar-refractivity contribution in [2.45, 2.75) is 0 Å². The van der Waals surface area contributed by atoms with Gasteiger partial charge in [-0.25, -0.2) is 9.97 Å². The van der Waals surface area contributed by atoms with Gasteiger partial charge < -0.3 is 15.1 Å². The Bertz CT molecular complexity index is 1010. The Morgan fingerprint density at radius 2 is 1.76 bits per heavy atom. The second kappa shape index (κ2) is 8.63. The van der Waals surface area contributed by atoms with E-state index in [0.29, 0.717) is 53.7 Å². The van der Waals surface area contributed by atoms with Gasteiger partial charge in [0.1, 0.15) is 11.0 Å². The van der Waals surface area contributed by atoms with Gasteiger partial charge in [-0.3, -0.25) is 4.79 Å². The fourth-order valence-corrected chi connectivity index (χ4v) is 3.36. The number of rotatable bonds is 4. The maximum absolute atomic E-state index is 12.6. The molecule has 1 aliphatic rings. The molecule has 1 aromatic carbocycles. The summed E-state index contributed by atoms with van der Waals surface area (Å²) in [5.41, 5.74) is 1.32. The van der Waals surface area contributed by atoms with Gasteiger partial charge >= 0.3 is 0 Å². The van der Waals surface area contributed by atoms with Crippen LogP contribution in [0.5, 0.6) is 0 Å². The van der Waals surface area contributed by atoms with Gasteiger partial charge in [0.05, 0.1) is 16.3 Å². The molecule has 4 rings (SSSR count). The summed E-state index contributed by atoms with van der Waals surface area (Å²) in [7, 11) is 0. The Hall–Kier alpha value is -2.90. The monoisotopic (exact) mass is 428 g/mol. The summed E-state index contributed by atoms with van der Waals surface area (Å²) in [5, 5.41) is 4.20. The average Bonchev–Trinajstić information content (AvgIpc) is 2.76. The van der Waals surface area contributed by atoms with Crippen LogP contribution in [0.25, 0.3) is 0 Å². The molecular weight excluding hydrogens is 411 g/mol. The molecule has 1 N–H and O–H groups in total. The van der Waals surface area contributed by atoms with Crippen molar-refractivity contribution >= 4 is 46.6 Å². The number of piperazine rings is 1. The van der Waals surface area contributed by atoms with E-state index in [2.05, 4.69) is 25.2 Å². The van der Waals surface area contributed by atoms with Crippen molar-refractivity contribution in [3.63, 3.8) is 0 Å². The lowest BCUT2D eigenvalue weighted by Gasteiger charge is -2.34. The maximum atomic E-state index is 12.6. The number of halogens is 2. The van der Waals surface area contributed by atoms with E-state index >= 15 is 0 Å². The number of benzene rings is 1. The van der Waals surface area contributed by atoms with E-state index in [9.17, 15) is 4.79 Å². The minimum Gasteiger partial charge on any atom is -0.339 e. The zero-order valence-corrected chi connectivity index (χ0v) is 16.9. The lowest BCUT2D eigenvalue weighted by atomic mass is 10.2. The van der Waals surface area contributed by atoms with Crippen LogP contribution in [-0.2, 0) is 0 Å². The number of aromatic nitrogens is 3. The molecule has 0 bridgehead atoms. The molecule has 0 saturated carbocycles.